The SMILES string of the molecule is CCc1cc(Br)ccc1NC(C)CCc1ccccc1. The van der Waals surface area contributed by atoms with Crippen molar-refractivity contribution in [3.8, 4) is 0 Å². The average molecular weight is 332 g/mol. The van der Waals surface area contributed by atoms with Gasteiger partial charge in [-0.25, -0.2) is 0 Å². The molecule has 1 N–H and O–H groups in total. The predicted molar refractivity (Wildman–Crippen MR) is 91.4 cm³/mol. The monoisotopic (exact) mass is 331 g/mol. The normalized spacial score (nSPS) is 12.2. The molecule has 0 aliphatic heterocycles. The molecule has 1 nitrogen and oxygen atoms in total. The first-order valence-corrected chi connectivity index (χ1v) is 8.07. The molecule has 0 aliphatic rings. The van der Waals surface area contributed by atoms with E-state index < -0.39 is 0 Å². The molecule has 106 valence electrons. The van der Waals surface area contributed by atoms with Gasteiger partial charge in [0.15, 0.2) is 0 Å². The molecule has 0 radical (unpaired) electrons. The molecule has 1 unspecified atom stereocenters. The van der Waals surface area contributed by atoms with Gasteiger partial charge in [-0.05, 0) is 55.5 Å². The number of rotatable bonds is 6. The molecule has 2 rings (SSSR count). The number of hydrogen-bond acceptors (Lipinski definition) is 1. The van der Waals surface area contributed by atoms with Crippen molar-refractivity contribution >= 4 is 21.6 Å². The van der Waals surface area contributed by atoms with Crippen LogP contribution in [0.2, 0.25) is 0 Å². The minimum atomic E-state index is 0.474. The largest absolute Gasteiger partial charge is 0.382 e. The van der Waals surface area contributed by atoms with E-state index in [0.717, 1.165) is 23.7 Å². The molecule has 0 spiro atoms. The molecule has 2 aromatic rings. The highest BCUT2D eigenvalue weighted by Gasteiger charge is 2.06. The Bertz CT molecular complexity index is 536. The third-order valence-electron chi connectivity index (χ3n) is 3.56. The van der Waals surface area contributed by atoms with Gasteiger partial charge in [0, 0.05) is 16.2 Å². The molecule has 0 fully saturated rings. The van der Waals surface area contributed by atoms with Crippen LogP contribution >= 0.6 is 15.9 Å². The Morgan fingerprint density at radius 1 is 1.10 bits per heavy atom. The maximum atomic E-state index is 3.64. The lowest BCUT2D eigenvalue weighted by Gasteiger charge is -2.18. The van der Waals surface area contributed by atoms with Crippen LogP contribution in [0.3, 0.4) is 0 Å². The number of halogens is 1. The summed E-state index contributed by atoms with van der Waals surface area (Å²) < 4.78 is 1.15. The Morgan fingerprint density at radius 2 is 1.85 bits per heavy atom. The predicted octanol–water partition coefficient (Wildman–Crippen LogP) is 5.44. The van der Waals surface area contributed by atoms with E-state index in [1.165, 1.54) is 16.8 Å². The summed E-state index contributed by atoms with van der Waals surface area (Å²) in [4.78, 5) is 0. The molecular weight excluding hydrogens is 310 g/mol. The fourth-order valence-electron chi connectivity index (χ4n) is 2.36. The number of hydrogen-bond donors (Lipinski definition) is 1. The second-order valence-corrected chi connectivity index (χ2v) is 6.14. The van der Waals surface area contributed by atoms with Crippen LogP contribution in [0.1, 0.15) is 31.4 Å². The Morgan fingerprint density at radius 3 is 2.55 bits per heavy atom. The summed E-state index contributed by atoms with van der Waals surface area (Å²) >= 11 is 3.54. The summed E-state index contributed by atoms with van der Waals surface area (Å²) in [5.41, 5.74) is 4.04. The van der Waals surface area contributed by atoms with Crippen LogP contribution in [-0.2, 0) is 12.8 Å². The van der Waals surface area contributed by atoms with Crippen LogP contribution in [0, 0.1) is 0 Å². The van der Waals surface area contributed by atoms with Crippen LogP contribution in [0.4, 0.5) is 5.69 Å². The number of benzene rings is 2. The summed E-state index contributed by atoms with van der Waals surface area (Å²) in [5, 5.41) is 3.64. The van der Waals surface area contributed by atoms with Crippen LogP contribution in [-0.4, -0.2) is 6.04 Å². The minimum absolute atomic E-state index is 0.474. The molecule has 0 bridgehead atoms. The van der Waals surface area contributed by atoms with Crippen LogP contribution in [0.5, 0.6) is 0 Å². The molecule has 0 heterocycles. The lowest BCUT2D eigenvalue weighted by atomic mass is 10.0. The fraction of sp³-hybridized carbons (Fsp3) is 0.333. The summed E-state index contributed by atoms with van der Waals surface area (Å²) in [6.45, 7) is 4.45. The molecule has 2 heteroatoms. The van der Waals surface area contributed by atoms with Crippen molar-refractivity contribution in [1.29, 1.82) is 0 Å². The van der Waals surface area contributed by atoms with Gasteiger partial charge < -0.3 is 5.32 Å². The summed E-state index contributed by atoms with van der Waals surface area (Å²) in [6, 6.07) is 17.6. The van der Waals surface area contributed by atoms with Crippen LogP contribution in [0.15, 0.2) is 53.0 Å². The van der Waals surface area contributed by atoms with Gasteiger partial charge in [0.05, 0.1) is 0 Å². The van der Waals surface area contributed by atoms with E-state index in [9.17, 15) is 0 Å². The smallest absolute Gasteiger partial charge is 0.0375 e. The van der Waals surface area contributed by atoms with Gasteiger partial charge in [0.25, 0.3) is 0 Å². The quantitative estimate of drug-likeness (QED) is 0.742. The zero-order valence-corrected chi connectivity index (χ0v) is 13.8. The summed E-state index contributed by atoms with van der Waals surface area (Å²) in [6.07, 6.45) is 3.31. The summed E-state index contributed by atoms with van der Waals surface area (Å²) in [5.74, 6) is 0. The number of anilines is 1. The van der Waals surface area contributed by atoms with Crippen LogP contribution < -0.4 is 5.32 Å². The van der Waals surface area contributed by atoms with Crippen molar-refractivity contribution < 1.29 is 0 Å². The van der Waals surface area contributed by atoms with Gasteiger partial charge in [0.2, 0.25) is 0 Å². The van der Waals surface area contributed by atoms with Gasteiger partial charge in [-0.1, -0.05) is 53.2 Å². The Labute approximate surface area is 130 Å². The van der Waals surface area contributed by atoms with E-state index in [-0.39, 0.29) is 0 Å². The van der Waals surface area contributed by atoms with Crippen LogP contribution in [0.25, 0.3) is 0 Å². The maximum absolute atomic E-state index is 3.64. The number of aryl methyl sites for hydroxylation is 2. The highest BCUT2D eigenvalue weighted by Crippen LogP contribution is 2.23. The molecule has 0 saturated heterocycles. The van der Waals surface area contributed by atoms with Crippen molar-refractivity contribution in [1.82, 2.24) is 0 Å². The standard InChI is InChI=1S/C18H22BrN/c1-3-16-13-17(19)11-12-18(16)20-14(2)9-10-15-7-5-4-6-8-15/h4-8,11-14,20H,3,9-10H2,1-2H3. The highest BCUT2D eigenvalue weighted by molar-refractivity contribution is 9.10. The lowest BCUT2D eigenvalue weighted by Crippen LogP contribution is -2.17. The zero-order chi connectivity index (χ0) is 14.4. The first kappa shape index (κ1) is 15.1. The van der Waals surface area contributed by atoms with Crippen molar-refractivity contribution in [3.63, 3.8) is 0 Å². The van der Waals surface area contributed by atoms with Crippen molar-refractivity contribution in [2.45, 2.75) is 39.2 Å². The van der Waals surface area contributed by atoms with E-state index in [1.54, 1.807) is 0 Å². The Hall–Kier alpha value is -1.28. The Balaban J connectivity index is 1.93. The topological polar surface area (TPSA) is 12.0 Å². The zero-order valence-electron chi connectivity index (χ0n) is 12.2. The van der Waals surface area contributed by atoms with Gasteiger partial charge in [0.1, 0.15) is 0 Å². The van der Waals surface area contributed by atoms with Gasteiger partial charge in [-0.15, -0.1) is 0 Å². The van der Waals surface area contributed by atoms with Crippen molar-refractivity contribution in [2.75, 3.05) is 5.32 Å². The molecule has 0 saturated carbocycles. The molecule has 1 atom stereocenters. The molecule has 2 aromatic carbocycles. The minimum Gasteiger partial charge on any atom is -0.382 e. The summed E-state index contributed by atoms with van der Waals surface area (Å²) in [7, 11) is 0. The van der Waals surface area contributed by atoms with E-state index in [1.807, 2.05) is 0 Å². The lowest BCUT2D eigenvalue weighted by molar-refractivity contribution is 0.705. The Kier molecular flexibility index (Phi) is 5.66. The molecule has 0 aliphatic carbocycles. The fourth-order valence-corrected chi connectivity index (χ4v) is 2.77. The maximum Gasteiger partial charge on any atom is 0.0375 e. The number of nitrogens with one attached hydrogen (secondary N) is 1. The molecule has 20 heavy (non-hydrogen) atoms. The molecule has 0 amide bonds. The third-order valence-corrected chi connectivity index (χ3v) is 4.05. The van der Waals surface area contributed by atoms with Gasteiger partial charge in [-0.2, -0.15) is 0 Å². The van der Waals surface area contributed by atoms with Gasteiger partial charge >= 0.3 is 0 Å². The first-order valence-electron chi connectivity index (χ1n) is 7.28. The third kappa shape index (κ3) is 4.38. The molecular formula is C18H22BrN. The van der Waals surface area contributed by atoms with E-state index in [2.05, 4.69) is 83.6 Å². The second-order valence-electron chi connectivity index (χ2n) is 5.22. The van der Waals surface area contributed by atoms with Gasteiger partial charge in [-0.3, -0.25) is 0 Å². The first-order chi connectivity index (χ1) is 9.69. The van der Waals surface area contributed by atoms with Crippen molar-refractivity contribution in [2.24, 2.45) is 0 Å². The molecule has 0 aromatic heterocycles. The second kappa shape index (κ2) is 7.49. The average Bonchev–Trinajstić information content (AvgIpc) is 2.48. The van der Waals surface area contributed by atoms with E-state index in [4.69, 9.17) is 0 Å². The van der Waals surface area contributed by atoms with E-state index >= 15 is 0 Å². The van der Waals surface area contributed by atoms with E-state index in [0.29, 0.717) is 6.04 Å². The van der Waals surface area contributed by atoms with Crippen molar-refractivity contribution in [3.05, 3.63) is 64.1 Å². The highest BCUT2D eigenvalue weighted by atomic mass is 79.9.